The zero-order chi connectivity index (χ0) is 17.6. The van der Waals surface area contributed by atoms with Gasteiger partial charge in [0.2, 0.25) is 0 Å². The molecule has 0 aromatic heterocycles. The molecule has 0 bridgehead atoms. The number of unbranched alkanes of at least 4 members (excludes halogenated alkanes) is 18. The Kier molecular flexibility index (Phi) is 22.1. The first-order valence-corrected chi connectivity index (χ1v) is 11.4. The molecule has 0 atom stereocenters. The highest BCUT2D eigenvalue weighted by Crippen LogP contribution is 2.11. The molecule has 0 rings (SSSR count). The standard InChI is InChI=1S/C24H46/c1-3-5-7-9-11-13-15-17-19-21-23-24-22-20-18-16-14-12-10-8-6-4-2/h3-21,23H2,1-2H3. The summed E-state index contributed by atoms with van der Waals surface area (Å²) in [5.41, 5.74) is 0. The minimum atomic E-state index is 1.13. The predicted molar refractivity (Wildman–Crippen MR) is 111 cm³/mol. The fourth-order valence-corrected chi connectivity index (χ4v) is 3.22. The van der Waals surface area contributed by atoms with Crippen molar-refractivity contribution in [2.75, 3.05) is 0 Å². The fraction of sp³-hybridized carbons (Fsp3) is 0.917. The summed E-state index contributed by atoms with van der Waals surface area (Å²) >= 11 is 0. The molecule has 0 aliphatic heterocycles. The predicted octanol–water partition coefficient (Wildman–Crippen LogP) is 8.83. The zero-order valence-corrected chi connectivity index (χ0v) is 17.1. The molecule has 0 nitrogen and oxygen atoms in total. The average Bonchev–Trinajstić information content (AvgIpc) is 2.60. The van der Waals surface area contributed by atoms with E-state index in [0.717, 1.165) is 12.8 Å². The van der Waals surface area contributed by atoms with E-state index in [0.29, 0.717) is 0 Å². The quantitative estimate of drug-likeness (QED) is 0.173. The van der Waals surface area contributed by atoms with Gasteiger partial charge < -0.3 is 0 Å². The van der Waals surface area contributed by atoms with Crippen LogP contribution in [0.1, 0.15) is 142 Å². The molecular formula is C24H46. The first-order valence-electron chi connectivity index (χ1n) is 11.4. The van der Waals surface area contributed by atoms with Crippen LogP contribution in [-0.4, -0.2) is 0 Å². The number of hydrogen-bond donors (Lipinski definition) is 0. The first-order chi connectivity index (χ1) is 11.9. The summed E-state index contributed by atoms with van der Waals surface area (Å²) < 4.78 is 0. The van der Waals surface area contributed by atoms with Crippen LogP contribution in [0.3, 0.4) is 0 Å². The van der Waals surface area contributed by atoms with Gasteiger partial charge in [-0.05, 0) is 12.8 Å². The Morgan fingerprint density at radius 2 is 0.583 bits per heavy atom. The van der Waals surface area contributed by atoms with Crippen LogP contribution in [0.4, 0.5) is 0 Å². The lowest BCUT2D eigenvalue weighted by atomic mass is 10.1. The maximum Gasteiger partial charge on any atom is 0.00886 e. The van der Waals surface area contributed by atoms with Crippen molar-refractivity contribution in [2.24, 2.45) is 0 Å². The van der Waals surface area contributed by atoms with Gasteiger partial charge in [-0.3, -0.25) is 0 Å². The Balaban J connectivity index is 3.07. The molecule has 142 valence electrons. The average molecular weight is 335 g/mol. The molecule has 24 heavy (non-hydrogen) atoms. The molecule has 0 aliphatic rings. The first kappa shape index (κ1) is 23.6. The Labute approximate surface area is 154 Å². The van der Waals surface area contributed by atoms with Gasteiger partial charge in [-0.25, -0.2) is 0 Å². The summed E-state index contributed by atoms with van der Waals surface area (Å²) in [4.78, 5) is 0. The van der Waals surface area contributed by atoms with E-state index in [1.165, 1.54) is 116 Å². The van der Waals surface area contributed by atoms with Gasteiger partial charge in [-0.15, -0.1) is 11.8 Å². The second-order valence-electron chi connectivity index (χ2n) is 7.51. The third-order valence-corrected chi connectivity index (χ3v) is 4.94. The van der Waals surface area contributed by atoms with Gasteiger partial charge in [0.1, 0.15) is 0 Å². The molecule has 0 unspecified atom stereocenters. The zero-order valence-electron chi connectivity index (χ0n) is 17.1. The third kappa shape index (κ3) is 21.6. The Morgan fingerprint density at radius 3 is 0.875 bits per heavy atom. The Morgan fingerprint density at radius 1 is 0.333 bits per heavy atom. The van der Waals surface area contributed by atoms with Crippen molar-refractivity contribution < 1.29 is 0 Å². The summed E-state index contributed by atoms with van der Waals surface area (Å²) in [7, 11) is 0. The van der Waals surface area contributed by atoms with Crippen molar-refractivity contribution in [3.8, 4) is 11.8 Å². The number of rotatable bonds is 18. The highest BCUT2D eigenvalue weighted by molar-refractivity contribution is 4.98. The molecular weight excluding hydrogens is 288 g/mol. The molecule has 0 heterocycles. The van der Waals surface area contributed by atoms with Gasteiger partial charge in [-0.1, -0.05) is 117 Å². The summed E-state index contributed by atoms with van der Waals surface area (Å²) in [6, 6.07) is 0. The molecule has 0 aromatic rings. The van der Waals surface area contributed by atoms with Crippen LogP contribution in [0, 0.1) is 11.8 Å². The SMILES string of the molecule is CCCCCCCCCCC#CCCCCCCCCCCCC. The molecule has 0 N–H and O–H groups in total. The van der Waals surface area contributed by atoms with Gasteiger partial charge in [0.15, 0.2) is 0 Å². The van der Waals surface area contributed by atoms with Crippen LogP contribution in [-0.2, 0) is 0 Å². The summed E-state index contributed by atoms with van der Waals surface area (Å²) in [5.74, 6) is 6.76. The lowest BCUT2D eigenvalue weighted by Crippen LogP contribution is -1.81. The fourth-order valence-electron chi connectivity index (χ4n) is 3.22. The number of hydrogen-bond acceptors (Lipinski definition) is 0. The van der Waals surface area contributed by atoms with E-state index in [4.69, 9.17) is 0 Å². The second-order valence-corrected chi connectivity index (χ2v) is 7.51. The van der Waals surface area contributed by atoms with Gasteiger partial charge in [-0.2, -0.15) is 0 Å². The van der Waals surface area contributed by atoms with Gasteiger partial charge in [0.25, 0.3) is 0 Å². The molecule has 0 aromatic carbocycles. The van der Waals surface area contributed by atoms with E-state index < -0.39 is 0 Å². The largest absolute Gasteiger partial charge is 0.103 e. The van der Waals surface area contributed by atoms with Crippen molar-refractivity contribution in [1.82, 2.24) is 0 Å². The van der Waals surface area contributed by atoms with E-state index >= 15 is 0 Å². The van der Waals surface area contributed by atoms with Crippen LogP contribution >= 0.6 is 0 Å². The minimum Gasteiger partial charge on any atom is -0.103 e. The Bertz CT molecular complexity index is 267. The molecule has 0 amide bonds. The molecule has 0 heteroatoms. The topological polar surface area (TPSA) is 0 Å². The third-order valence-electron chi connectivity index (χ3n) is 4.94. The van der Waals surface area contributed by atoms with Crippen molar-refractivity contribution in [3.63, 3.8) is 0 Å². The van der Waals surface area contributed by atoms with E-state index in [1.54, 1.807) is 0 Å². The van der Waals surface area contributed by atoms with E-state index in [1.807, 2.05) is 0 Å². The molecule has 0 saturated carbocycles. The molecule has 0 aliphatic carbocycles. The van der Waals surface area contributed by atoms with Crippen molar-refractivity contribution >= 4 is 0 Å². The van der Waals surface area contributed by atoms with Crippen LogP contribution in [0.5, 0.6) is 0 Å². The van der Waals surface area contributed by atoms with Crippen LogP contribution in [0.15, 0.2) is 0 Å². The highest BCUT2D eigenvalue weighted by atomic mass is 14.0. The molecule has 0 radical (unpaired) electrons. The normalized spacial score (nSPS) is 10.6. The summed E-state index contributed by atoms with van der Waals surface area (Å²) in [6.07, 6.45) is 27.7. The lowest BCUT2D eigenvalue weighted by Gasteiger charge is -2.00. The van der Waals surface area contributed by atoms with Crippen LogP contribution in [0.25, 0.3) is 0 Å². The van der Waals surface area contributed by atoms with Crippen molar-refractivity contribution in [3.05, 3.63) is 0 Å². The van der Waals surface area contributed by atoms with Gasteiger partial charge >= 0.3 is 0 Å². The van der Waals surface area contributed by atoms with Crippen LogP contribution < -0.4 is 0 Å². The smallest absolute Gasteiger partial charge is 0.00886 e. The Hall–Kier alpha value is -0.440. The van der Waals surface area contributed by atoms with E-state index in [9.17, 15) is 0 Å². The van der Waals surface area contributed by atoms with Crippen molar-refractivity contribution in [2.45, 2.75) is 142 Å². The monoisotopic (exact) mass is 334 g/mol. The van der Waals surface area contributed by atoms with Crippen molar-refractivity contribution in [1.29, 1.82) is 0 Å². The summed E-state index contributed by atoms with van der Waals surface area (Å²) in [5, 5.41) is 0. The maximum absolute atomic E-state index is 3.38. The highest BCUT2D eigenvalue weighted by Gasteiger charge is 1.92. The second kappa shape index (κ2) is 22.6. The molecule has 0 spiro atoms. The van der Waals surface area contributed by atoms with Crippen LogP contribution in [0.2, 0.25) is 0 Å². The van der Waals surface area contributed by atoms with E-state index in [-0.39, 0.29) is 0 Å². The molecule has 0 saturated heterocycles. The van der Waals surface area contributed by atoms with E-state index in [2.05, 4.69) is 25.7 Å². The molecule has 0 fully saturated rings. The summed E-state index contributed by atoms with van der Waals surface area (Å²) in [6.45, 7) is 4.58. The minimum absolute atomic E-state index is 1.13. The van der Waals surface area contributed by atoms with Gasteiger partial charge in [0.05, 0.1) is 0 Å². The van der Waals surface area contributed by atoms with Gasteiger partial charge in [0, 0.05) is 12.8 Å². The maximum atomic E-state index is 3.38. The lowest BCUT2D eigenvalue weighted by molar-refractivity contribution is 0.558.